The smallest absolute Gasteiger partial charge is 0.273 e. The van der Waals surface area contributed by atoms with Crippen LogP contribution in [0.15, 0.2) is 60.7 Å². The molecule has 0 spiro atoms. The Balaban J connectivity index is 1.53. The average Bonchev–Trinajstić information content (AvgIpc) is 2.87. The minimum atomic E-state index is -0.147. The van der Waals surface area contributed by atoms with Crippen molar-refractivity contribution in [1.82, 2.24) is 14.9 Å². The van der Waals surface area contributed by atoms with E-state index >= 15 is 0 Å². The topological polar surface area (TPSA) is 78.8 Å². The first-order valence-electron chi connectivity index (χ1n) is 11.2. The first-order chi connectivity index (χ1) is 16.5. The Hall–Kier alpha value is -4.13. The molecule has 4 aromatic rings. The molecule has 1 aliphatic rings. The Morgan fingerprint density at radius 1 is 1.03 bits per heavy atom. The van der Waals surface area contributed by atoms with E-state index in [0.717, 1.165) is 33.3 Å². The predicted molar refractivity (Wildman–Crippen MR) is 132 cm³/mol. The van der Waals surface area contributed by atoms with Crippen LogP contribution in [-0.4, -0.2) is 53.6 Å². The van der Waals surface area contributed by atoms with Crippen molar-refractivity contribution in [3.05, 3.63) is 77.5 Å². The second-order valence-electron chi connectivity index (χ2n) is 8.59. The van der Waals surface area contributed by atoms with Gasteiger partial charge in [0, 0.05) is 49.4 Å². The number of phenols is 1. The minimum Gasteiger partial charge on any atom is -0.504 e. The molecular weight excluding hydrogens is 428 g/mol. The molecule has 5 rings (SSSR count). The fourth-order valence-corrected chi connectivity index (χ4v) is 4.38. The van der Waals surface area contributed by atoms with Crippen LogP contribution in [-0.2, 0) is 13.0 Å². The van der Waals surface area contributed by atoms with Gasteiger partial charge in [0.05, 0.1) is 12.6 Å². The Bertz CT molecular complexity index is 1380. The van der Waals surface area contributed by atoms with Gasteiger partial charge in [-0.3, -0.25) is 4.79 Å². The minimum absolute atomic E-state index is 0.147. The Kier molecular flexibility index (Phi) is 5.53. The van der Waals surface area contributed by atoms with E-state index in [1.807, 2.05) is 73.6 Å². The van der Waals surface area contributed by atoms with Crippen molar-refractivity contribution in [2.75, 3.05) is 32.6 Å². The van der Waals surface area contributed by atoms with E-state index in [1.165, 1.54) is 7.11 Å². The van der Waals surface area contributed by atoms with Crippen molar-refractivity contribution < 1.29 is 14.6 Å². The number of ether oxygens (including phenoxy) is 1. The van der Waals surface area contributed by atoms with Gasteiger partial charge in [0.1, 0.15) is 5.69 Å². The van der Waals surface area contributed by atoms with Gasteiger partial charge in [-0.15, -0.1) is 0 Å². The summed E-state index contributed by atoms with van der Waals surface area (Å²) in [5.74, 6) is 0.978. The van der Waals surface area contributed by atoms with Crippen LogP contribution in [0.2, 0.25) is 0 Å². The highest BCUT2D eigenvalue weighted by Crippen LogP contribution is 2.36. The molecule has 1 amide bonds. The van der Waals surface area contributed by atoms with E-state index in [2.05, 4.69) is 0 Å². The van der Waals surface area contributed by atoms with Crippen molar-refractivity contribution in [2.45, 2.75) is 13.0 Å². The maximum atomic E-state index is 13.7. The maximum Gasteiger partial charge on any atom is 0.273 e. The highest BCUT2D eigenvalue weighted by atomic mass is 16.5. The summed E-state index contributed by atoms with van der Waals surface area (Å²) in [6.45, 7) is 0.884. The van der Waals surface area contributed by atoms with Crippen LogP contribution in [0, 0.1) is 0 Å². The first kappa shape index (κ1) is 21.7. The number of carbonyl (C=O) groups is 1. The summed E-state index contributed by atoms with van der Waals surface area (Å²) in [6, 6.07) is 19.2. The molecule has 34 heavy (non-hydrogen) atoms. The van der Waals surface area contributed by atoms with E-state index in [1.54, 1.807) is 11.0 Å². The van der Waals surface area contributed by atoms with Gasteiger partial charge in [0.2, 0.25) is 0 Å². The molecule has 2 heterocycles. The lowest BCUT2D eigenvalue weighted by Crippen LogP contribution is -2.36. The van der Waals surface area contributed by atoms with Crippen LogP contribution < -0.4 is 9.64 Å². The third-order valence-corrected chi connectivity index (χ3v) is 6.29. The summed E-state index contributed by atoms with van der Waals surface area (Å²) in [4.78, 5) is 27.0. The van der Waals surface area contributed by atoms with E-state index in [0.29, 0.717) is 36.8 Å². The van der Waals surface area contributed by atoms with Crippen LogP contribution in [0.1, 0.15) is 21.6 Å². The van der Waals surface area contributed by atoms with Crippen LogP contribution >= 0.6 is 0 Å². The van der Waals surface area contributed by atoms with Crippen LogP contribution in [0.25, 0.3) is 22.3 Å². The van der Waals surface area contributed by atoms with E-state index in [-0.39, 0.29) is 11.7 Å². The predicted octanol–water partition coefficient (Wildman–Crippen LogP) is 4.28. The van der Waals surface area contributed by atoms with Gasteiger partial charge in [0.15, 0.2) is 17.3 Å². The lowest BCUT2D eigenvalue weighted by molar-refractivity contribution is 0.0730. The number of aromatic hydroxyl groups is 1. The average molecular weight is 455 g/mol. The van der Waals surface area contributed by atoms with E-state index in [4.69, 9.17) is 14.7 Å². The monoisotopic (exact) mass is 454 g/mol. The molecule has 172 valence electrons. The molecule has 0 saturated carbocycles. The molecule has 0 atom stereocenters. The zero-order valence-corrected chi connectivity index (χ0v) is 19.4. The number of amides is 1. The second kappa shape index (κ2) is 8.67. The van der Waals surface area contributed by atoms with Gasteiger partial charge in [-0.05, 0) is 48.4 Å². The third kappa shape index (κ3) is 3.79. The number of anilines is 1. The third-order valence-electron chi connectivity index (χ3n) is 6.29. The number of para-hydroxylation sites is 1. The zero-order valence-electron chi connectivity index (χ0n) is 19.4. The lowest BCUT2D eigenvalue weighted by Gasteiger charge is -2.29. The fourth-order valence-electron chi connectivity index (χ4n) is 4.38. The van der Waals surface area contributed by atoms with Gasteiger partial charge < -0.3 is 19.6 Å². The zero-order chi connectivity index (χ0) is 23.8. The van der Waals surface area contributed by atoms with E-state index in [9.17, 15) is 9.90 Å². The molecular formula is C27H26N4O3. The summed E-state index contributed by atoms with van der Waals surface area (Å²) < 4.78 is 5.23. The summed E-state index contributed by atoms with van der Waals surface area (Å²) in [5, 5.41) is 11.2. The van der Waals surface area contributed by atoms with Gasteiger partial charge >= 0.3 is 0 Å². The number of hydrogen-bond acceptors (Lipinski definition) is 6. The molecule has 0 fully saturated rings. The molecule has 0 unspecified atom stereocenters. The van der Waals surface area contributed by atoms with Gasteiger partial charge in [-0.1, -0.05) is 24.3 Å². The highest BCUT2D eigenvalue weighted by Gasteiger charge is 2.27. The number of carbonyl (C=O) groups excluding carboxylic acids is 1. The molecule has 0 saturated heterocycles. The molecule has 0 bridgehead atoms. The van der Waals surface area contributed by atoms with Crippen molar-refractivity contribution in [2.24, 2.45) is 0 Å². The molecule has 1 N–H and O–H groups in total. The standard InChI is InChI=1S/C27H26N4O3/c1-30(2)19-11-8-17(9-12-19)26-28-22-7-5-4-6-21(22)24(29-26)27(33)31-15-14-20-18(16-31)10-13-23(34-3)25(20)32/h4-13,32H,14-16H2,1-3H3. The van der Waals surface area contributed by atoms with Gasteiger partial charge in [-0.2, -0.15) is 0 Å². The van der Waals surface area contributed by atoms with Crippen molar-refractivity contribution in [3.8, 4) is 22.9 Å². The SMILES string of the molecule is COc1ccc2c(c1O)CCN(C(=O)c1nc(-c3ccc(N(C)C)cc3)nc3ccccc13)C2. The number of benzene rings is 3. The summed E-state index contributed by atoms with van der Waals surface area (Å²) >= 11 is 0. The summed E-state index contributed by atoms with van der Waals surface area (Å²) in [7, 11) is 5.52. The van der Waals surface area contributed by atoms with Gasteiger partial charge in [0.25, 0.3) is 5.91 Å². The van der Waals surface area contributed by atoms with Crippen LogP contribution in [0.5, 0.6) is 11.5 Å². The molecule has 1 aliphatic heterocycles. The van der Waals surface area contributed by atoms with Crippen molar-refractivity contribution in [1.29, 1.82) is 0 Å². The van der Waals surface area contributed by atoms with E-state index < -0.39 is 0 Å². The maximum absolute atomic E-state index is 13.7. The lowest BCUT2D eigenvalue weighted by atomic mass is 9.97. The summed E-state index contributed by atoms with van der Waals surface area (Å²) in [6.07, 6.45) is 0.548. The van der Waals surface area contributed by atoms with Crippen LogP contribution in [0.4, 0.5) is 5.69 Å². The first-order valence-corrected chi connectivity index (χ1v) is 11.2. The number of hydrogen-bond donors (Lipinski definition) is 1. The normalized spacial score (nSPS) is 13.0. The molecule has 0 aliphatic carbocycles. The van der Waals surface area contributed by atoms with Crippen molar-refractivity contribution in [3.63, 3.8) is 0 Å². The largest absolute Gasteiger partial charge is 0.504 e. The van der Waals surface area contributed by atoms with Crippen LogP contribution in [0.3, 0.4) is 0 Å². The number of fused-ring (bicyclic) bond motifs is 2. The molecule has 0 radical (unpaired) electrons. The highest BCUT2D eigenvalue weighted by molar-refractivity contribution is 6.05. The number of methoxy groups -OCH3 is 1. The quantitative estimate of drug-likeness (QED) is 0.496. The Morgan fingerprint density at radius 2 is 1.79 bits per heavy atom. The molecule has 7 nitrogen and oxygen atoms in total. The van der Waals surface area contributed by atoms with Crippen molar-refractivity contribution >= 4 is 22.5 Å². The Morgan fingerprint density at radius 3 is 2.53 bits per heavy atom. The van der Waals surface area contributed by atoms with Gasteiger partial charge in [-0.25, -0.2) is 9.97 Å². The number of aromatic nitrogens is 2. The molecule has 3 aromatic carbocycles. The fraction of sp³-hybridized carbons (Fsp3) is 0.222. The second-order valence-corrected chi connectivity index (χ2v) is 8.59. The Labute approximate surface area is 198 Å². The molecule has 1 aromatic heterocycles. The number of rotatable bonds is 4. The number of nitrogens with zero attached hydrogens (tertiary/aromatic N) is 4. The molecule has 7 heteroatoms. The number of phenolic OH excluding ortho intramolecular Hbond substituents is 1. The summed E-state index contributed by atoms with van der Waals surface area (Å²) in [5.41, 5.74) is 4.79.